The molecule has 2 fully saturated rings. The van der Waals surface area contributed by atoms with Gasteiger partial charge in [-0.05, 0) is 0 Å². The lowest BCUT2D eigenvalue weighted by Crippen LogP contribution is -2.49. The Morgan fingerprint density at radius 2 is 1.45 bits per heavy atom. The first-order valence-electron chi connectivity index (χ1n) is 10.1. The second-order valence-corrected chi connectivity index (χ2v) is 7.28. The summed E-state index contributed by atoms with van der Waals surface area (Å²) >= 11 is 0. The third kappa shape index (κ3) is 5.72. The number of piperazine rings is 2. The Morgan fingerprint density at radius 1 is 0.931 bits per heavy atom. The fourth-order valence-corrected chi connectivity index (χ4v) is 3.67. The highest BCUT2D eigenvalue weighted by Gasteiger charge is 2.28. The van der Waals surface area contributed by atoms with Crippen molar-refractivity contribution in [3.63, 3.8) is 0 Å². The monoisotopic (exact) mass is 409 g/mol. The first-order chi connectivity index (χ1) is 14.1. The lowest BCUT2D eigenvalue weighted by atomic mass is 10.3. The van der Waals surface area contributed by atoms with Crippen LogP contribution >= 0.6 is 0 Å². The molecule has 1 aromatic rings. The molecule has 2 saturated heterocycles. The molecule has 0 radical (unpaired) electrons. The molecule has 0 saturated carbocycles. The number of ether oxygens (including phenoxy) is 2. The van der Waals surface area contributed by atoms with Gasteiger partial charge in [0, 0.05) is 79.7 Å². The van der Waals surface area contributed by atoms with Gasteiger partial charge in [-0.2, -0.15) is 4.98 Å². The lowest BCUT2D eigenvalue weighted by molar-refractivity contribution is -0.384. The van der Waals surface area contributed by atoms with Crippen LogP contribution in [0.1, 0.15) is 0 Å². The van der Waals surface area contributed by atoms with E-state index in [2.05, 4.69) is 24.7 Å². The van der Waals surface area contributed by atoms with Crippen LogP contribution in [0.25, 0.3) is 0 Å². The van der Waals surface area contributed by atoms with E-state index < -0.39 is 0 Å². The summed E-state index contributed by atoms with van der Waals surface area (Å²) < 4.78 is 10.3. The van der Waals surface area contributed by atoms with Gasteiger partial charge in [-0.25, -0.2) is 4.98 Å². The molecule has 0 aromatic carbocycles. The molecule has 2 aliphatic heterocycles. The summed E-state index contributed by atoms with van der Waals surface area (Å²) in [6, 6.07) is 0. The molecule has 0 bridgehead atoms. The average Bonchev–Trinajstić information content (AvgIpc) is 2.76. The second kappa shape index (κ2) is 10.6. The van der Waals surface area contributed by atoms with Crippen molar-refractivity contribution in [3.05, 3.63) is 16.3 Å². The summed E-state index contributed by atoms with van der Waals surface area (Å²) in [6.07, 6.45) is 1.35. The maximum Gasteiger partial charge on any atom is 0.329 e. The maximum atomic E-state index is 11.5. The topological polar surface area (TPSA) is 100 Å². The molecular formula is C18H31N7O4. The van der Waals surface area contributed by atoms with Crippen LogP contribution in [0.3, 0.4) is 0 Å². The predicted octanol–water partition coefficient (Wildman–Crippen LogP) is -0.0784. The van der Waals surface area contributed by atoms with Gasteiger partial charge in [-0.1, -0.05) is 0 Å². The summed E-state index contributed by atoms with van der Waals surface area (Å²) in [5, 5.41) is 11.5. The van der Waals surface area contributed by atoms with E-state index in [9.17, 15) is 10.1 Å². The molecule has 11 heteroatoms. The van der Waals surface area contributed by atoms with E-state index in [-0.39, 0.29) is 10.6 Å². The van der Waals surface area contributed by atoms with Crippen molar-refractivity contribution in [1.82, 2.24) is 19.8 Å². The van der Waals surface area contributed by atoms with Crippen LogP contribution in [0.15, 0.2) is 6.20 Å². The van der Waals surface area contributed by atoms with Gasteiger partial charge in [0.25, 0.3) is 0 Å². The molecule has 2 aliphatic rings. The molecule has 0 N–H and O–H groups in total. The van der Waals surface area contributed by atoms with E-state index in [1.807, 2.05) is 4.90 Å². The van der Waals surface area contributed by atoms with E-state index in [1.165, 1.54) is 6.20 Å². The summed E-state index contributed by atoms with van der Waals surface area (Å²) in [4.78, 5) is 28.8. The number of aromatic nitrogens is 2. The molecule has 3 rings (SSSR count). The van der Waals surface area contributed by atoms with Crippen LogP contribution in [0.5, 0.6) is 0 Å². The van der Waals surface area contributed by atoms with Crippen LogP contribution in [-0.2, 0) is 9.47 Å². The van der Waals surface area contributed by atoms with E-state index in [4.69, 9.17) is 9.47 Å². The van der Waals surface area contributed by atoms with Crippen LogP contribution in [0.4, 0.5) is 17.5 Å². The van der Waals surface area contributed by atoms with E-state index in [0.29, 0.717) is 38.1 Å². The first-order valence-corrected chi connectivity index (χ1v) is 10.1. The third-order valence-corrected chi connectivity index (χ3v) is 5.48. The Morgan fingerprint density at radius 3 is 1.93 bits per heavy atom. The van der Waals surface area contributed by atoms with Gasteiger partial charge in [-0.15, -0.1) is 0 Å². The Bertz CT molecular complexity index is 662. The fourth-order valence-electron chi connectivity index (χ4n) is 3.67. The van der Waals surface area contributed by atoms with Gasteiger partial charge in [0.15, 0.2) is 0 Å². The van der Waals surface area contributed by atoms with Crippen molar-refractivity contribution >= 4 is 17.5 Å². The predicted molar refractivity (Wildman–Crippen MR) is 110 cm³/mol. The smallest absolute Gasteiger partial charge is 0.329 e. The van der Waals surface area contributed by atoms with Crippen LogP contribution < -0.4 is 9.80 Å². The quantitative estimate of drug-likeness (QED) is 0.407. The molecule has 3 heterocycles. The number of rotatable bonds is 9. The number of nitrogens with zero attached hydrogens (tertiary/aromatic N) is 7. The van der Waals surface area contributed by atoms with Crippen molar-refractivity contribution in [2.45, 2.75) is 0 Å². The number of hydrogen-bond donors (Lipinski definition) is 0. The number of anilines is 2. The fraction of sp³-hybridized carbons (Fsp3) is 0.778. The minimum atomic E-state index is -0.390. The molecule has 11 nitrogen and oxygen atoms in total. The molecule has 0 unspecified atom stereocenters. The zero-order valence-corrected chi connectivity index (χ0v) is 17.3. The summed E-state index contributed by atoms with van der Waals surface area (Å²) in [5.74, 6) is 0.993. The Hall–Kier alpha value is -2.08. The van der Waals surface area contributed by atoms with Gasteiger partial charge in [0.05, 0.1) is 18.1 Å². The van der Waals surface area contributed by atoms with Crippen molar-refractivity contribution in [2.75, 3.05) is 103 Å². The summed E-state index contributed by atoms with van der Waals surface area (Å²) in [7, 11) is 3.40. The summed E-state index contributed by atoms with van der Waals surface area (Å²) in [6.45, 7) is 9.64. The molecular weight excluding hydrogens is 378 g/mol. The van der Waals surface area contributed by atoms with Gasteiger partial charge < -0.3 is 19.3 Å². The van der Waals surface area contributed by atoms with E-state index >= 15 is 0 Å². The number of nitro groups is 1. The standard InChI is InChI=1S/C18H31N7O4/c1-28-13-11-21-3-7-23(8-4-21)17-16(25(26)27)15-19-18(20-17)24-9-5-22(6-10-24)12-14-29-2/h15H,3-14H2,1-2H3. The van der Waals surface area contributed by atoms with Crippen molar-refractivity contribution in [1.29, 1.82) is 0 Å². The highest BCUT2D eigenvalue weighted by molar-refractivity contribution is 5.59. The molecule has 0 aliphatic carbocycles. The van der Waals surface area contributed by atoms with Gasteiger partial charge >= 0.3 is 5.69 Å². The minimum absolute atomic E-state index is 0.0298. The van der Waals surface area contributed by atoms with Crippen LogP contribution in [0, 0.1) is 10.1 Å². The van der Waals surface area contributed by atoms with Crippen molar-refractivity contribution in [3.8, 4) is 0 Å². The Kier molecular flexibility index (Phi) is 7.92. The molecule has 0 amide bonds. The Labute approximate surface area is 171 Å². The van der Waals surface area contributed by atoms with Crippen molar-refractivity contribution in [2.24, 2.45) is 0 Å². The minimum Gasteiger partial charge on any atom is -0.383 e. The maximum absolute atomic E-state index is 11.5. The first kappa shape index (κ1) is 21.6. The van der Waals surface area contributed by atoms with E-state index in [0.717, 1.165) is 52.4 Å². The van der Waals surface area contributed by atoms with Gasteiger partial charge in [0.1, 0.15) is 6.20 Å². The van der Waals surface area contributed by atoms with Gasteiger partial charge in [-0.3, -0.25) is 19.9 Å². The van der Waals surface area contributed by atoms with Gasteiger partial charge in [0.2, 0.25) is 11.8 Å². The molecule has 0 atom stereocenters. The Balaban J connectivity index is 1.67. The average molecular weight is 409 g/mol. The zero-order valence-electron chi connectivity index (χ0n) is 17.3. The largest absolute Gasteiger partial charge is 0.383 e. The highest BCUT2D eigenvalue weighted by atomic mass is 16.6. The van der Waals surface area contributed by atoms with Crippen LogP contribution in [-0.4, -0.2) is 118 Å². The summed E-state index contributed by atoms with van der Waals surface area (Å²) in [5.41, 5.74) is -0.0298. The van der Waals surface area contributed by atoms with Crippen molar-refractivity contribution < 1.29 is 14.4 Å². The SMILES string of the molecule is COCCN1CCN(c2ncc([N+](=O)[O-])c(N3CCN(CCOC)CC3)n2)CC1. The van der Waals surface area contributed by atoms with E-state index in [1.54, 1.807) is 14.2 Å². The third-order valence-electron chi connectivity index (χ3n) is 5.48. The van der Waals surface area contributed by atoms with Crippen LogP contribution in [0.2, 0.25) is 0 Å². The molecule has 0 spiro atoms. The molecule has 1 aromatic heterocycles. The zero-order chi connectivity index (χ0) is 20.6. The molecule has 29 heavy (non-hydrogen) atoms. The molecule has 162 valence electrons. The lowest BCUT2D eigenvalue weighted by Gasteiger charge is -2.36. The second-order valence-electron chi connectivity index (χ2n) is 7.28. The number of methoxy groups -OCH3 is 2. The normalized spacial score (nSPS) is 19.0. The number of hydrogen-bond acceptors (Lipinski definition) is 10. The highest BCUT2D eigenvalue weighted by Crippen LogP contribution is 2.28.